The van der Waals surface area contributed by atoms with E-state index in [1.54, 1.807) is 4.57 Å². The fourth-order valence-electron chi connectivity index (χ4n) is 2.65. The van der Waals surface area contributed by atoms with Gasteiger partial charge in [0, 0.05) is 11.8 Å². The third kappa shape index (κ3) is 3.98. The molecule has 0 saturated heterocycles. The van der Waals surface area contributed by atoms with Crippen molar-refractivity contribution in [2.24, 2.45) is 5.92 Å². The summed E-state index contributed by atoms with van der Waals surface area (Å²) in [5.74, 6) is 0.489. The summed E-state index contributed by atoms with van der Waals surface area (Å²) in [6.07, 6.45) is 6.07. The summed E-state index contributed by atoms with van der Waals surface area (Å²) in [4.78, 5) is 16.5. The van der Waals surface area contributed by atoms with Gasteiger partial charge in [-0.2, -0.15) is 4.98 Å². The fourth-order valence-corrected chi connectivity index (χ4v) is 2.65. The first kappa shape index (κ1) is 17.2. The van der Waals surface area contributed by atoms with E-state index in [0.29, 0.717) is 5.92 Å². The molecule has 3 nitrogen and oxygen atoms in total. The molecule has 0 unspecified atom stereocenters. The molecular weight excluding hydrogens is 284 g/mol. The van der Waals surface area contributed by atoms with Crippen molar-refractivity contribution in [2.75, 3.05) is 0 Å². The van der Waals surface area contributed by atoms with Crippen molar-refractivity contribution in [3.8, 4) is 5.69 Å². The van der Waals surface area contributed by atoms with Gasteiger partial charge in [0.1, 0.15) is 0 Å². The van der Waals surface area contributed by atoms with E-state index in [1.165, 1.54) is 11.1 Å². The molecule has 0 aliphatic carbocycles. The number of aromatic nitrogens is 2. The SMILES string of the molecule is CC/C(=C\c1cn(-c2ccc(CC)cc2)c(=O)nc1C)C(C)C. The molecule has 0 saturated carbocycles. The Bertz CT molecular complexity index is 752. The molecule has 122 valence electrons. The van der Waals surface area contributed by atoms with Gasteiger partial charge in [-0.25, -0.2) is 4.79 Å². The normalized spacial score (nSPS) is 12.0. The molecule has 0 atom stereocenters. The molecule has 0 radical (unpaired) electrons. The van der Waals surface area contributed by atoms with E-state index in [-0.39, 0.29) is 5.69 Å². The average molecular weight is 310 g/mol. The Hall–Kier alpha value is -2.16. The van der Waals surface area contributed by atoms with Crippen LogP contribution >= 0.6 is 0 Å². The molecule has 2 rings (SSSR count). The van der Waals surface area contributed by atoms with Gasteiger partial charge < -0.3 is 0 Å². The molecule has 0 N–H and O–H groups in total. The molecule has 1 heterocycles. The highest BCUT2D eigenvalue weighted by Crippen LogP contribution is 2.19. The second-order valence-electron chi connectivity index (χ2n) is 6.18. The third-order valence-corrected chi connectivity index (χ3v) is 4.27. The van der Waals surface area contributed by atoms with Crippen molar-refractivity contribution < 1.29 is 0 Å². The Kier molecular flexibility index (Phi) is 5.54. The van der Waals surface area contributed by atoms with Gasteiger partial charge in [0.2, 0.25) is 0 Å². The molecule has 0 aliphatic heterocycles. The van der Waals surface area contributed by atoms with Crippen LogP contribution in [0.25, 0.3) is 11.8 Å². The van der Waals surface area contributed by atoms with Crippen LogP contribution in [-0.4, -0.2) is 9.55 Å². The third-order valence-electron chi connectivity index (χ3n) is 4.27. The van der Waals surface area contributed by atoms with E-state index >= 15 is 0 Å². The van der Waals surface area contributed by atoms with Gasteiger partial charge in [0.15, 0.2) is 0 Å². The highest BCUT2D eigenvalue weighted by Gasteiger charge is 2.08. The molecule has 1 aromatic carbocycles. The maximum absolute atomic E-state index is 12.3. The molecule has 0 fully saturated rings. The van der Waals surface area contributed by atoms with Crippen molar-refractivity contribution >= 4 is 6.08 Å². The minimum Gasteiger partial charge on any atom is -0.267 e. The number of hydrogen-bond acceptors (Lipinski definition) is 2. The van der Waals surface area contributed by atoms with E-state index in [1.807, 2.05) is 25.3 Å². The molecule has 2 aromatic rings. The van der Waals surface area contributed by atoms with Gasteiger partial charge in [0.05, 0.1) is 11.4 Å². The van der Waals surface area contributed by atoms with Crippen LogP contribution in [0.3, 0.4) is 0 Å². The van der Waals surface area contributed by atoms with Gasteiger partial charge in [-0.1, -0.05) is 51.5 Å². The van der Waals surface area contributed by atoms with Crippen LogP contribution in [0.5, 0.6) is 0 Å². The summed E-state index contributed by atoms with van der Waals surface area (Å²) < 4.78 is 1.63. The van der Waals surface area contributed by atoms with Crippen LogP contribution < -0.4 is 5.69 Å². The Balaban J connectivity index is 2.53. The van der Waals surface area contributed by atoms with E-state index in [2.05, 4.69) is 50.9 Å². The Labute approximate surface area is 138 Å². The van der Waals surface area contributed by atoms with E-state index < -0.39 is 0 Å². The van der Waals surface area contributed by atoms with E-state index in [4.69, 9.17) is 0 Å². The monoisotopic (exact) mass is 310 g/mol. The summed E-state index contributed by atoms with van der Waals surface area (Å²) in [5, 5.41) is 0. The van der Waals surface area contributed by atoms with Crippen LogP contribution in [0.4, 0.5) is 0 Å². The predicted octanol–water partition coefficient (Wildman–Crippen LogP) is 4.55. The van der Waals surface area contributed by atoms with E-state index in [9.17, 15) is 4.79 Å². The van der Waals surface area contributed by atoms with Crippen LogP contribution in [0.2, 0.25) is 0 Å². The first-order valence-electron chi connectivity index (χ1n) is 8.36. The standard InChI is InChI=1S/C20H26N2O/c1-6-16-8-10-19(11-9-16)22-13-18(15(5)21-20(22)23)12-17(7-2)14(3)4/h8-14H,6-7H2,1-5H3/b17-12+. The summed E-state index contributed by atoms with van der Waals surface area (Å²) in [6.45, 7) is 10.6. The van der Waals surface area contributed by atoms with Gasteiger partial charge in [-0.05, 0) is 43.4 Å². The number of aryl methyl sites for hydroxylation is 2. The summed E-state index contributed by atoms with van der Waals surface area (Å²) in [7, 11) is 0. The van der Waals surface area contributed by atoms with Gasteiger partial charge in [-0.3, -0.25) is 4.57 Å². The largest absolute Gasteiger partial charge is 0.352 e. The maximum Gasteiger partial charge on any atom is 0.352 e. The highest BCUT2D eigenvalue weighted by atomic mass is 16.1. The molecule has 0 bridgehead atoms. The molecule has 0 spiro atoms. The van der Waals surface area contributed by atoms with Crippen molar-refractivity contribution in [1.29, 1.82) is 0 Å². The van der Waals surface area contributed by atoms with Crippen LogP contribution in [0.15, 0.2) is 40.8 Å². The van der Waals surface area contributed by atoms with Crippen molar-refractivity contribution in [3.05, 3.63) is 63.3 Å². The lowest BCUT2D eigenvalue weighted by atomic mass is 9.98. The van der Waals surface area contributed by atoms with Crippen molar-refractivity contribution in [2.45, 2.75) is 47.5 Å². The molecule has 1 aromatic heterocycles. The zero-order valence-corrected chi connectivity index (χ0v) is 14.8. The number of benzene rings is 1. The maximum atomic E-state index is 12.3. The van der Waals surface area contributed by atoms with Gasteiger partial charge >= 0.3 is 5.69 Å². The fraction of sp³-hybridized carbons (Fsp3) is 0.400. The van der Waals surface area contributed by atoms with Crippen LogP contribution in [-0.2, 0) is 6.42 Å². The first-order valence-corrected chi connectivity index (χ1v) is 8.36. The second kappa shape index (κ2) is 7.40. The molecule has 0 aliphatic rings. The lowest BCUT2D eigenvalue weighted by Crippen LogP contribution is -2.22. The number of allylic oxidation sites excluding steroid dienone is 1. The van der Waals surface area contributed by atoms with E-state index in [0.717, 1.165) is 29.8 Å². The minimum atomic E-state index is -0.230. The molecule has 3 heteroatoms. The summed E-state index contributed by atoms with van der Waals surface area (Å²) >= 11 is 0. The van der Waals surface area contributed by atoms with Crippen molar-refractivity contribution in [1.82, 2.24) is 9.55 Å². The lowest BCUT2D eigenvalue weighted by Gasteiger charge is -2.12. The second-order valence-corrected chi connectivity index (χ2v) is 6.18. The van der Waals surface area contributed by atoms with Gasteiger partial charge in [0.25, 0.3) is 0 Å². The topological polar surface area (TPSA) is 34.9 Å². The highest BCUT2D eigenvalue weighted by molar-refractivity contribution is 5.55. The predicted molar refractivity (Wildman–Crippen MR) is 97.1 cm³/mol. The Morgan fingerprint density at radius 2 is 1.87 bits per heavy atom. The smallest absolute Gasteiger partial charge is 0.267 e. The van der Waals surface area contributed by atoms with Crippen molar-refractivity contribution in [3.63, 3.8) is 0 Å². The zero-order chi connectivity index (χ0) is 17.0. The quantitative estimate of drug-likeness (QED) is 0.812. The molecule has 23 heavy (non-hydrogen) atoms. The first-order chi connectivity index (χ1) is 11.0. The molecule has 0 amide bonds. The number of hydrogen-bond donors (Lipinski definition) is 0. The average Bonchev–Trinajstić information content (AvgIpc) is 2.54. The van der Waals surface area contributed by atoms with Crippen LogP contribution in [0, 0.1) is 12.8 Å². The Morgan fingerprint density at radius 3 is 2.39 bits per heavy atom. The number of nitrogens with zero attached hydrogens (tertiary/aromatic N) is 2. The minimum absolute atomic E-state index is 0.230. The lowest BCUT2D eigenvalue weighted by molar-refractivity contribution is 0.738. The van der Waals surface area contributed by atoms with Crippen LogP contribution in [0.1, 0.15) is 50.9 Å². The zero-order valence-electron chi connectivity index (χ0n) is 14.8. The number of rotatable bonds is 5. The summed E-state index contributed by atoms with van der Waals surface area (Å²) in [5.41, 5.74) is 5.04. The summed E-state index contributed by atoms with van der Waals surface area (Å²) in [6, 6.07) is 8.08. The van der Waals surface area contributed by atoms with Gasteiger partial charge in [-0.15, -0.1) is 0 Å². The Morgan fingerprint density at radius 1 is 1.22 bits per heavy atom. The molecular formula is C20H26N2O.